The lowest BCUT2D eigenvalue weighted by atomic mass is 9.89. The number of ether oxygens (including phenoxy) is 2. The van der Waals surface area contributed by atoms with Crippen molar-refractivity contribution in [3.05, 3.63) is 65.7 Å². The van der Waals surface area contributed by atoms with Crippen LogP contribution in [0.15, 0.2) is 54.6 Å². The minimum Gasteiger partial charge on any atom is -0.497 e. The molecule has 2 aromatic carbocycles. The number of alkyl halides is 3. The normalized spacial score (nSPS) is 19.7. The highest BCUT2D eigenvalue weighted by molar-refractivity contribution is 5.97. The van der Waals surface area contributed by atoms with Crippen molar-refractivity contribution in [3.8, 4) is 5.75 Å². The van der Waals surface area contributed by atoms with E-state index in [1.165, 1.54) is 14.0 Å². The van der Waals surface area contributed by atoms with Gasteiger partial charge in [-0.1, -0.05) is 42.5 Å². The predicted octanol–water partition coefficient (Wildman–Crippen LogP) is 2.80. The summed E-state index contributed by atoms with van der Waals surface area (Å²) >= 11 is 0. The number of hydrogen-bond acceptors (Lipinski definition) is 7. The molecule has 1 aliphatic heterocycles. The van der Waals surface area contributed by atoms with Crippen molar-refractivity contribution in [2.24, 2.45) is 5.92 Å². The molecule has 5 atom stereocenters. The molecular formula is C29H35F3N2O6. The lowest BCUT2D eigenvalue weighted by molar-refractivity contribution is -0.166. The lowest BCUT2D eigenvalue weighted by Gasteiger charge is -2.26. The zero-order valence-electron chi connectivity index (χ0n) is 22.7. The van der Waals surface area contributed by atoms with Crippen LogP contribution in [0.5, 0.6) is 5.75 Å². The van der Waals surface area contributed by atoms with E-state index in [4.69, 9.17) is 14.6 Å². The summed E-state index contributed by atoms with van der Waals surface area (Å²) in [6.45, 7) is 1.89. The van der Waals surface area contributed by atoms with Gasteiger partial charge < -0.3 is 19.9 Å². The van der Waals surface area contributed by atoms with Crippen LogP contribution in [-0.4, -0.2) is 72.8 Å². The van der Waals surface area contributed by atoms with E-state index < -0.39 is 54.1 Å². The summed E-state index contributed by atoms with van der Waals surface area (Å²) in [5.41, 5.74) is 0.498. The van der Waals surface area contributed by atoms with Gasteiger partial charge in [0, 0.05) is 12.3 Å². The van der Waals surface area contributed by atoms with Crippen LogP contribution in [0.3, 0.4) is 0 Å². The first-order valence-corrected chi connectivity index (χ1v) is 13.0. The molecule has 0 bridgehead atoms. The van der Waals surface area contributed by atoms with E-state index >= 15 is 0 Å². The van der Waals surface area contributed by atoms with E-state index in [1.807, 2.05) is 30.3 Å². The molecule has 218 valence electrons. The Labute approximate surface area is 231 Å². The number of nitrogens with one attached hydrogen (secondary N) is 2. The molecular weight excluding hydrogens is 529 g/mol. The standard InChI is InChI=1S/C29H35F3N2O6/c1-18(33-25(16-35)29(30,31)32)24(36)15-21(13-20-9-11-22(39-3)12-10-20)27(38)34-23(26(37)28(2)17-40-28)14-19-7-5-4-6-8-19/h4-12,18,21,23,25,33,35H,13-17H2,1-3H3,(H,34,38)/t18-,21+,23-,25?,28+/m0/s1. The Morgan fingerprint density at radius 3 is 2.17 bits per heavy atom. The van der Waals surface area contributed by atoms with Gasteiger partial charge in [-0.3, -0.25) is 19.7 Å². The minimum atomic E-state index is -4.75. The van der Waals surface area contributed by atoms with E-state index in [-0.39, 0.29) is 31.7 Å². The highest BCUT2D eigenvalue weighted by atomic mass is 19.4. The van der Waals surface area contributed by atoms with Gasteiger partial charge in [0.15, 0.2) is 5.78 Å². The van der Waals surface area contributed by atoms with Crippen molar-refractivity contribution in [1.29, 1.82) is 0 Å². The first-order valence-electron chi connectivity index (χ1n) is 13.0. The molecule has 1 saturated heterocycles. The van der Waals surface area contributed by atoms with Crippen molar-refractivity contribution in [1.82, 2.24) is 10.6 Å². The molecule has 0 spiro atoms. The molecule has 1 unspecified atom stereocenters. The fraction of sp³-hybridized carbons (Fsp3) is 0.483. The maximum absolute atomic E-state index is 13.6. The van der Waals surface area contributed by atoms with Crippen molar-refractivity contribution < 1.29 is 42.1 Å². The second-order valence-corrected chi connectivity index (χ2v) is 10.2. The first kappa shape index (κ1) is 31.3. The molecule has 0 saturated carbocycles. The largest absolute Gasteiger partial charge is 0.497 e. The molecule has 1 amide bonds. The molecule has 0 aliphatic carbocycles. The Morgan fingerprint density at radius 1 is 1.05 bits per heavy atom. The molecule has 8 nitrogen and oxygen atoms in total. The van der Waals surface area contributed by atoms with Crippen molar-refractivity contribution in [3.63, 3.8) is 0 Å². The number of ketones is 2. The number of hydrogen-bond donors (Lipinski definition) is 3. The highest BCUT2D eigenvalue weighted by Crippen LogP contribution is 2.29. The molecule has 3 rings (SSSR count). The predicted molar refractivity (Wildman–Crippen MR) is 141 cm³/mol. The summed E-state index contributed by atoms with van der Waals surface area (Å²) in [5, 5.41) is 14.0. The van der Waals surface area contributed by atoms with E-state index in [9.17, 15) is 27.6 Å². The molecule has 1 heterocycles. The van der Waals surface area contributed by atoms with E-state index in [0.717, 1.165) is 5.56 Å². The molecule has 1 fully saturated rings. The minimum absolute atomic E-state index is 0.0942. The molecule has 11 heteroatoms. The topological polar surface area (TPSA) is 117 Å². The van der Waals surface area contributed by atoms with Gasteiger partial charge in [-0.05, 0) is 49.9 Å². The molecule has 0 radical (unpaired) electrons. The fourth-order valence-corrected chi connectivity index (χ4v) is 4.34. The van der Waals surface area contributed by atoms with Crippen LogP contribution < -0.4 is 15.4 Å². The van der Waals surface area contributed by atoms with Gasteiger partial charge in [0.2, 0.25) is 5.91 Å². The van der Waals surface area contributed by atoms with E-state index in [2.05, 4.69) is 10.6 Å². The average molecular weight is 565 g/mol. The molecule has 0 aromatic heterocycles. The third-order valence-corrected chi connectivity index (χ3v) is 6.99. The van der Waals surface area contributed by atoms with Crippen molar-refractivity contribution in [2.45, 2.75) is 63.0 Å². The van der Waals surface area contributed by atoms with Crippen LogP contribution in [0.1, 0.15) is 31.4 Å². The van der Waals surface area contributed by atoms with Crippen LogP contribution >= 0.6 is 0 Å². The number of amides is 1. The number of Topliss-reactive ketones (excluding diaryl/α,β-unsaturated/α-hetero) is 2. The fourth-order valence-electron chi connectivity index (χ4n) is 4.34. The molecule has 3 N–H and O–H groups in total. The SMILES string of the molecule is COc1ccc(C[C@H](CC(=O)[C@H](C)NC(CO)C(F)(F)F)C(=O)N[C@@H](Cc2ccccc2)C(=O)[C@@]2(C)CO2)cc1. The number of halogens is 3. The van der Waals surface area contributed by atoms with Crippen LogP contribution in [-0.2, 0) is 32.0 Å². The summed E-state index contributed by atoms with van der Waals surface area (Å²) in [7, 11) is 1.51. The van der Waals surface area contributed by atoms with Gasteiger partial charge in [0.25, 0.3) is 0 Å². The smallest absolute Gasteiger partial charge is 0.406 e. The van der Waals surface area contributed by atoms with Gasteiger partial charge in [-0.25, -0.2) is 0 Å². The Morgan fingerprint density at radius 2 is 1.65 bits per heavy atom. The van der Waals surface area contributed by atoms with Crippen molar-refractivity contribution >= 4 is 17.5 Å². The Hall–Kier alpha value is -3.28. The maximum atomic E-state index is 13.6. The number of epoxide rings is 1. The van der Waals surface area contributed by atoms with Crippen LogP contribution in [0.2, 0.25) is 0 Å². The quantitative estimate of drug-likeness (QED) is 0.285. The maximum Gasteiger partial charge on any atom is 0.406 e. The summed E-state index contributed by atoms with van der Waals surface area (Å²) in [4.78, 5) is 39.8. The summed E-state index contributed by atoms with van der Waals surface area (Å²) < 4.78 is 49.9. The van der Waals surface area contributed by atoms with Gasteiger partial charge in [-0.2, -0.15) is 13.2 Å². The summed E-state index contributed by atoms with van der Waals surface area (Å²) in [6, 6.07) is 11.4. The monoisotopic (exact) mass is 564 g/mol. The number of aliphatic hydroxyl groups excluding tert-OH is 1. The van der Waals surface area contributed by atoms with E-state index in [0.29, 0.717) is 11.3 Å². The average Bonchev–Trinajstić information content (AvgIpc) is 3.68. The summed E-state index contributed by atoms with van der Waals surface area (Å²) in [5.74, 6) is -1.91. The number of benzene rings is 2. The molecule has 1 aliphatic rings. The second-order valence-electron chi connectivity index (χ2n) is 10.2. The lowest BCUT2D eigenvalue weighted by Crippen LogP contribution is -2.52. The van der Waals surface area contributed by atoms with Gasteiger partial charge in [0.05, 0.1) is 32.4 Å². The van der Waals surface area contributed by atoms with Crippen LogP contribution in [0, 0.1) is 5.92 Å². The third-order valence-electron chi connectivity index (χ3n) is 6.99. The highest BCUT2D eigenvalue weighted by Gasteiger charge is 2.50. The molecule has 40 heavy (non-hydrogen) atoms. The zero-order valence-corrected chi connectivity index (χ0v) is 22.7. The number of carbonyl (C=O) groups excluding carboxylic acids is 3. The van der Waals surface area contributed by atoms with Gasteiger partial charge in [0.1, 0.15) is 23.2 Å². The molecule has 2 aromatic rings. The second kappa shape index (κ2) is 13.4. The Kier molecular flexibility index (Phi) is 10.5. The number of aliphatic hydroxyl groups is 1. The van der Waals surface area contributed by atoms with Gasteiger partial charge in [-0.15, -0.1) is 0 Å². The number of methoxy groups -OCH3 is 1. The summed E-state index contributed by atoms with van der Waals surface area (Å²) in [6.07, 6.45) is -4.84. The third kappa shape index (κ3) is 8.61. The van der Waals surface area contributed by atoms with Crippen LogP contribution in [0.4, 0.5) is 13.2 Å². The number of rotatable bonds is 15. The Balaban J connectivity index is 1.81. The van der Waals surface area contributed by atoms with Crippen molar-refractivity contribution in [2.75, 3.05) is 20.3 Å². The first-order chi connectivity index (χ1) is 18.9. The zero-order chi connectivity index (χ0) is 29.5. The van der Waals surface area contributed by atoms with E-state index in [1.54, 1.807) is 31.2 Å². The van der Waals surface area contributed by atoms with Gasteiger partial charge >= 0.3 is 6.18 Å². The Bertz CT molecular complexity index is 1150. The number of carbonyl (C=O) groups is 3. The van der Waals surface area contributed by atoms with Crippen LogP contribution in [0.25, 0.3) is 0 Å².